The predicted octanol–water partition coefficient (Wildman–Crippen LogP) is 3.04. The minimum atomic E-state index is -1.11. The van der Waals surface area contributed by atoms with Crippen LogP contribution in [0.25, 0.3) is 11.0 Å². The van der Waals surface area contributed by atoms with Crippen molar-refractivity contribution >= 4 is 34.0 Å². The Morgan fingerprint density at radius 2 is 2.18 bits per heavy atom. The fourth-order valence-corrected chi connectivity index (χ4v) is 3.04. The van der Waals surface area contributed by atoms with Crippen molar-refractivity contribution in [1.82, 2.24) is 14.5 Å². The molecule has 7 nitrogen and oxygen atoms in total. The fraction of sp³-hybridized carbons (Fsp3) is 0.263. The summed E-state index contributed by atoms with van der Waals surface area (Å²) in [5.41, 5.74) is 2.42. The van der Waals surface area contributed by atoms with Crippen LogP contribution < -0.4 is 10.2 Å². The fourth-order valence-electron chi connectivity index (χ4n) is 3.04. The van der Waals surface area contributed by atoms with Crippen LogP contribution in [-0.4, -0.2) is 33.7 Å². The van der Waals surface area contributed by atoms with Crippen LogP contribution in [0.2, 0.25) is 0 Å². The van der Waals surface area contributed by atoms with E-state index in [2.05, 4.69) is 15.3 Å². The zero-order valence-electron chi connectivity index (χ0n) is 15.1. The number of hydrogen-bond acceptors (Lipinski definition) is 5. The van der Waals surface area contributed by atoms with Gasteiger partial charge in [-0.1, -0.05) is 0 Å². The molecule has 2 atom stereocenters. The molecule has 2 heterocycles. The number of alkyl halides is 1. The lowest BCUT2D eigenvalue weighted by atomic mass is 10.2. The Kier molecular flexibility index (Phi) is 4.19. The highest BCUT2D eigenvalue weighted by molar-refractivity contribution is 6.03. The highest BCUT2D eigenvalue weighted by atomic mass is 19.1. The molecule has 1 fully saturated rings. The number of halogens is 2. The number of carbonyl (C=O) groups is 1. The van der Waals surface area contributed by atoms with Gasteiger partial charge in [-0.25, -0.2) is 14.4 Å². The number of aryl methyl sites for hydroxylation is 1. The molecular weight excluding hydrogens is 366 g/mol. The summed E-state index contributed by atoms with van der Waals surface area (Å²) in [6.07, 6.45) is 0.714. The normalized spacial score (nSPS) is 18.0. The lowest BCUT2D eigenvalue weighted by Gasteiger charge is -2.21. The summed E-state index contributed by atoms with van der Waals surface area (Å²) >= 11 is 0. The molecule has 3 aromatic rings. The van der Waals surface area contributed by atoms with Crippen molar-refractivity contribution in [3.8, 4) is 6.07 Å². The maximum atomic E-state index is 14.3. The summed E-state index contributed by atoms with van der Waals surface area (Å²) in [5, 5.41) is 11.6. The molecule has 1 N–H and O–H groups in total. The number of amides is 1. The molecule has 0 spiro atoms. The standard InChI is InChI=1S/C19H16F2N6O/c1-26-9-23-17-14(25-19(28)12-7-13(12)20)5-11(6-16(17)26)27(2)15-4-3-10(8-22)24-18(15)21/h3-6,9,12-13H,7H2,1-2H3,(H,25,28)/t12-,13+/m0/s1. The lowest BCUT2D eigenvalue weighted by molar-refractivity contribution is -0.117. The quantitative estimate of drug-likeness (QED) is 0.701. The zero-order valence-corrected chi connectivity index (χ0v) is 15.1. The van der Waals surface area contributed by atoms with E-state index in [4.69, 9.17) is 5.26 Å². The third kappa shape index (κ3) is 3.03. The molecule has 1 aliphatic rings. The number of rotatable bonds is 4. The van der Waals surface area contributed by atoms with Crippen LogP contribution in [-0.2, 0) is 11.8 Å². The van der Waals surface area contributed by atoms with Gasteiger partial charge in [0, 0.05) is 19.8 Å². The van der Waals surface area contributed by atoms with Gasteiger partial charge in [0.15, 0.2) is 0 Å². The number of nitrogens with one attached hydrogen (secondary N) is 1. The van der Waals surface area contributed by atoms with E-state index in [1.807, 2.05) is 0 Å². The molecule has 1 amide bonds. The van der Waals surface area contributed by atoms with Crippen molar-refractivity contribution in [2.45, 2.75) is 12.6 Å². The Balaban J connectivity index is 1.75. The largest absolute Gasteiger partial charge is 0.341 e. The first-order chi connectivity index (χ1) is 13.4. The topological polar surface area (TPSA) is 86.8 Å². The first kappa shape index (κ1) is 17.9. The van der Waals surface area contributed by atoms with Gasteiger partial charge < -0.3 is 14.8 Å². The maximum absolute atomic E-state index is 14.3. The molecule has 0 unspecified atom stereocenters. The van der Waals surface area contributed by atoms with Crippen molar-refractivity contribution in [3.05, 3.63) is 42.2 Å². The van der Waals surface area contributed by atoms with Crippen LogP contribution in [0, 0.1) is 23.2 Å². The van der Waals surface area contributed by atoms with Gasteiger partial charge in [-0.3, -0.25) is 4.79 Å². The van der Waals surface area contributed by atoms with Gasteiger partial charge >= 0.3 is 0 Å². The predicted molar refractivity (Wildman–Crippen MR) is 99.3 cm³/mol. The monoisotopic (exact) mass is 382 g/mol. The Morgan fingerprint density at radius 3 is 2.82 bits per heavy atom. The van der Waals surface area contributed by atoms with E-state index in [9.17, 15) is 13.6 Å². The lowest BCUT2D eigenvalue weighted by Crippen LogP contribution is -2.17. The number of benzene rings is 1. The van der Waals surface area contributed by atoms with E-state index in [1.54, 1.807) is 48.1 Å². The summed E-state index contributed by atoms with van der Waals surface area (Å²) in [7, 11) is 3.45. The van der Waals surface area contributed by atoms with E-state index < -0.39 is 23.9 Å². The minimum Gasteiger partial charge on any atom is -0.341 e. The molecule has 0 radical (unpaired) electrons. The second kappa shape index (κ2) is 6.56. The molecule has 1 saturated carbocycles. The van der Waals surface area contributed by atoms with Gasteiger partial charge in [0.25, 0.3) is 0 Å². The Bertz CT molecular complexity index is 1140. The van der Waals surface area contributed by atoms with Crippen LogP contribution in [0.3, 0.4) is 0 Å². The van der Waals surface area contributed by atoms with Crippen molar-refractivity contribution in [3.63, 3.8) is 0 Å². The van der Waals surface area contributed by atoms with Crippen LogP contribution in [0.1, 0.15) is 12.1 Å². The van der Waals surface area contributed by atoms with E-state index >= 15 is 0 Å². The molecule has 2 aromatic heterocycles. The second-order valence-electron chi connectivity index (χ2n) is 6.74. The van der Waals surface area contributed by atoms with Gasteiger partial charge in [-0.2, -0.15) is 9.65 Å². The van der Waals surface area contributed by atoms with E-state index in [1.165, 1.54) is 12.1 Å². The zero-order chi connectivity index (χ0) is 20.0. The van der Waals surface area contributed by atoms with E-state index in [0.717, 1.165) is 0 Å². The molecule has 0 bridgehead atoms. The first-order valence-electron chi connectivity index (χ1n) is 8.59. The van der Waals surface area contributed by atoms with Crippen LogP contribution in [0.5, 0.6) is 0 Å². The molecule has 9 heteroatoms. The van der Waals surface area contributed by atoms with Crippen molar-refractivity contribution in [1.29, 1.82) is 5.26 Å². The number of imidazole rings is 1. The van der Waals surface area contributed by atoms with Crippen LogP contribution in [0.4, 0.5) is 25.8 Å². The SMILES string of the molecule is CN(c1cc(NC(=O)[C@H]2C[C@H]2F)c2ncn(C)c2c1)c1ccc(C#N)nc1F. The van der Waals surface area contributed by atoms with Crippen molar-refractivity contribution < 1.29 is 13.6 Å². The summed E-state index contributed by atoms with van der Waals surface area (Å²) < 4.78 is 29.3. The molecular formula is C19H16F2N6O. The summed E-state index contributed by atoms with van der Waals surface area (Å²) in [6.45, 7) is 0. The van der Waals surface area contributed by atoms with Gasteiger partial charge in [0.1, 0.15) is 23.5 Å². The highest BCUT2D eigenvalue weighted by Crippen LogP contribution is 2.37. The molecule has 142 valence electrons. The van der Waals surface area contributed by atoms with Crippen molar-refractivity contribution in [2.75, 3.05) is 17.3 Å². The van der Waals surface area contributed by atoms with Gasteiger partial charge in [0.05, 0.1) is 29.1 Å². The van der Waals surface area contributed by atoms with Gasteiger partial charge in [0.2, 0.25) is 11.9 Å². The number of nitrogens with zero attached hydrogens (tertiary/aromatic N) is 5. The van der Waals surface area contributed by atoms with E-state index in [0.29, 0.717) is 22.4 Å². The van der Waals surface area contributed by atoms with Crippen molar-refractivity contribution in [2.24, 2.45) is 13.0 Å². The summed E-state index contributed by atoms with van der Waals surface area (Å²) in [6, 6.07) is 8.13. The molecule has 1 aliphatic carbocycles. The number of carbonyl (C=O) groups excluding carboxylic acids is 1. The smallest absolute Gasteiger partial charge is 0.238 e. The van der Waals surface area contributed by atoms with Crippen LogP contribution in [0.15, 0.2) is 30.6 Å². The molecule has 4 rings (SSSR count). The Labute approximate surface area is 159 Å². The minimum absolute atomic E-state index is 0.0186. The Morgan fingerprint density at radius 1 is 1.43 bits per heavy atom. The number of anilines is 3. The number of fused-ring (bicyclic) bond motifs is 1. The third-order valence-electron chi connectivity index (χ3n) is 4.81. The number of hydrogen-bond donors (Lipinski definition) is 1. The van der Waals surface area contributed by atoms with E-state index in [-0.39, 0.29) is 17.8 Å². The third-order valence-corrected chi connectivity index (χ3v) is 4.81. The molecule has 0 saturated heterocycles. The molecule has 0 aliphatic heterocycles. The summed E-state index contributed by atoms with van der Waals surface area (Å²) in [4.78, 5) is 21.7. The molecule has 28 heavy (non-hydrogen) atoms. The van der Waals surface area contributed by atoms with Crippen LogP contribution >= 0.6 is 0 Å². The van der Waals surface area contributed by atoms with Gasteiger partial charge in [-0.05, 0) is 30.7 Å². The Hall–Kier alpha value is -3.54. The number of nitriles is 1. The highest BCUT2D eigenvalue weighted by Gasteiger charge is 2.43. The number of pyridine rings is 1. The maximum Gasteiger partial charge on any atom is 0.238 e. The molecule has 1 aromatic carbocycles. The average Bonchev–Trinajstić information content (AvgIpc) is 3.30. The average molecular weight is 382 g/mol. The summed E-state index contributed by atoms with van der Waals surface area (Å²) in [5.74, 6) is -1.82. The van der Waals surface area contributed by atoms with Gasteiger partial charge in [-0.15, -0.1) is 0 Å². The second-order valence-corrected chi connectivity index (χ2v) is 6.74. The number of aromatic nitrogens is 3. The first-order valence-corrected chi connectivity index (χ1v) is 8.59.